The van der Waals surface area contributed by atoms with Crippen LogP contribution in [0.15, 0.2) is 11.6 Å². The van der Waals surface area contributed by atoms with Crippen molar-refractivity contribution in [1.82, 2.24) is 0 Å². The monoisotopic (exact) mass is 280 g/mol. The minimum absolute atomic E-state index is 0.113. The van der Waals surface area contributed by atoms with Crippen LogP contribution in [0.1, 0.15) is 20.8 Å². The molecule has 0 spiro atoms. The molecule has 0 saturated carbocycles. The summed E-state index contributed by atoms with van der Waals surface area (Å²) in [5, 5.41) is 0. The number of allylic oxidation sites excluding steroid dienone is 2. The fourth-order valence-electron chi connectivity index (χ4n) is 0.814. The predicted octanol–water partition coefficient (Wildman–Crippen LogP) is 3.95. The molecule has 0 radical (unpaired) electrons. The van der Waals surface area contributed by atoms with E-state index in [1.165, 1.54) is 13.8 Å². The average molecular weight is 280 g/mol. The minimum Gasteiger partial charge on any atom is -0.406 e. The largest absolute Gasteiger partial charge is 0.529 e. The molecule has 9 heteroatoms. The van der Waals surface area contributed by atoms with Crippen molar-refractivity contribution in [2.24, 2.45) is 0 Å². The Morgan fingerprint density at radius 2 is 1.59 bits per heavy atom. The average Bonchev–Trinajstić information content (AvgIpc) is 2.15. The maximum Gasteiger partial charge on any atom is 0.529 e. The summed E-state index contributed by atoms with van der Waals surface area (Å²) in [6.07, 6.45) is -5.20. The van der Waals surface area contributed by atoms with Gasteiger partial charge in [0.05, 0.1) is 13.2 Å². The molecular weight excluding hydrogens is 267 g/mol. The predicted molar refractivity (Wildman–Crippen MR) is 51.8 cm³/mol. The van der Waals surface area contributed by atoms with Crippen molar-refractivity contribution in [3.05, 3.63) is 11.6 Å². The SMILES string of the molecule is CCOP(=O)(OCC)O/C(C)=C(/F)C(F)(F)F. The number of phosphoric ester groups is 1. The Morgan fingerprint density at radius 1 is 1.18 bits per heavy atom. The summed E-state index contributed by atoms with van der Waals surface area (Å²) in [5.41, 5.74) is 0. The van der Waals surface area contributed by atoms with Crippen LogP contribution in [0.25, 0.3) is 0 Å². The smallest absolute Gasteiger partial charge is 0.406 e. The Morgan fingerprint density at radius 3 is 1.88 bits per heavy atom. The molecule has 0 aliphatic carbocycles. The molecule has 0 N–H and O–H groups in total. The second kappa shape index (κ2) is 6.37. The van der Waals surface area contributed by atoms with Crippen LogP contribution in [0.5, 0.6) is 0 Å². The van der Waals surface area contributed by atoms with Gasteiger partial charge in [-0.05, 0) is 20.8 Å². The van der Waals surface area contributed by atoms with Gasteiger partial charge in [-0.2, -0.15) is 17.6 Å². The van der Waals surface area contributed by atoms with Crippen LogP contribution < -0.4 is 0 Å². The molecule has 0 rings (SSSR count). The Kier molecular flexibility index (Phi) is 6.15. The number of rotatable bonds is 6. The lowest BCUT2D eigenvalue weighted by molar-refractivity contribution is -0.112. The standard InChI is InChI=1S/C8H13F4O4P/c1-4-14-17(13,15-5-2)16-6(3)7(9)8(10,11)12/h4-5H2,1-3H3/b7-6+. The molecular formula is C8H13F4O4P. The van der Waals surface area contributed by atoms with E-state index in [0.29, 0.717) is 6.92 Å². The number of alkyl halides is 3. The van der Waals surface area contributed by atoms with Crippen molar-refractivity contribution >= 4 is 7.82 Å². The number of hydrogen-bond acceptors (Lipinski definition) is 4. The van der Waals surface area contributed by atoms with Gasteiger partial charge in [-0.3, -0.25) is 9.05 Å². The third-order valence-corrected chi connectivity index (χ3v) is 3.03. The summed E-state index contributed by atoms with van der Waals surface area (Å²) >= 11 is 0. The Bertz CT molecular complexity index is 316. The molecule has 0 aromatic carbocycles. The summed E-state index contributed by atoms with van der Waals surface area (Å²) in [6, 6.07) is 0. The van der Waals surface area contributed by atoms with Crippen LogP contribution in [0, 0.1) is 0 Å². The highest BCUT2D eigenvalue weighted by molar-refractivity contribution is 7.48. The van der Waals surface area contributed by atoms with Crippen LogP contribution >= 0.6 is 7.82 Å². The van der Waals surface area contributed by atoms with Crippen molar-refractivity contribution in [3.63, 3.8) is 0 Å². The van der Waals surface area contributed by atoms with Gasteiger partial charge in [0.25, 0.3) is 0 Å². The third kappa shape index (κ3) is 5.52. The third-order valence-electron chi connectivity index (χ3n) is 1.38. The topological polar surface area (TPSA) is 44.8 Å². The fraction of sp³-hybridized carbons (Fsp3) is 0.750. The Balaban J connectivity index is 4.96. The zero-order chi connectivity index (χ0) is 13.7. The van der Waals surface area contributed by atoms with Gasteiger partial charge < -0.3 is 4.52 Å². The minimum atomic E-state index is -5.20. The molecule has 0 aliphatic heterocycles. The lowest BCUT2D eigenvalue weighted by Crippen LogP contribution is -2.11. The van der Waals surface area contributed by atoms with Gasteiger partial charge in [0, 0.05) is 0 Å². The summed E-state index contributed by atoms with van der Waals surface area (Å²) < 4.78 is 73.6. The molecule has 0 saturated heterocycles. The van der Waals surface area contributed by atoms with Crippen LogP contribution in [-0.2, 0) is 18.1 Å². The summed E-state index contributed by atoms with van der Waals surface area (Å²) in [7, 11) is -4.20. The first kappa shape index (κ1) is 16.4. The van der Waals surface area contributed by atoms with E-state index in [2.05, 4.69) is 13.6 Å². The zero-order valence-electron chi connectivity index (χ0n) is 9.51. The Labute approximate surface area is 96.2 Å². The zero-order valence-corrected chi connectivity index (χ0v) is 10.4. The van der Waals surface area contributed by atoms with E-state index in [1.807, 2.05) is 0 Å². The maximum absolute atomic E-state index is 12.7. The molecule has 102 valence electrons. The molecule has 17 heavy (non-hydrogen) atoms. The van der Waals surface area contributed by atoms with Crippen molar-refractivity contribution in [2.75, 3.05) is 13.2 Å². The van der Waals surface area contributed by atoms with Crippen molar-refractivity contribution in [2.45, 2.75) is 26.9 Å². The number of phosphoric acid groups is 1. The van der Waals surface area contributed by atoms with Crippen LogP contribution in [0.2, 0.25) is 0 Å². The van der Waals surface area contributed by atoms with Gasteiger partial charge in [-0.25, -0.2) is 4.57 Å². The lowest BCUT2D eigenvalue weighted by Gasteiger charge is -2.18. The van der Waals surface area contributed by atoms with Crippen molar-refractivity contribution < 1.29 is 35.7 Å². The van der Waals surface area contributed by atoms with E-state index in [1.54, 1.807) is 0 Å². The fourth-order valence-corrected chi connectivity index (χ4v) is 2.04. The highest BCUT2D eigenvalue weighted by atomic mass is 31.2. The normalized spacial score (nSPS) is 14.5. The molecule has 4 nitrogen and oxygen atoms in total. The van der Waals surface area contributed by atoms with E-state index in [0.717, 1.165) is 0 Å². The first-order valence-electron chi connectivity index (χ1n) is 4.68. The van der Waals surface area contributed by atoms with Crippen LogP contribution in [0.3, 0.4) is 0 Å². The molecule has 0 heterocycles. The maximum atomic E-state index is 12.7. The molecule has 0 aromatic rings. The van der Waals surface area contributed by atoms with Gasteiger partial charge in [0.2, 0.25) is 5.83 Å². The highest BCUT2D eigenvalue weighted by Gasteiger charge is 2.39. The molecule has 0 fully saturated rings. The first-order valence-corrected chi connectivity index (χ1v) is 6.14. The van der Waals surface area contributed by atoms with Gasteiger partial charge in [0.15, 0.2) is 0 Å². The molecule has 0 atom stereocenters. The summed E-state index contributed by atoms with van der Waals surface area (Å²) in [6.45, 7) is 3.34. The van der Waals surface area contributed by atoms with E-state index >= 15 is 0 Å². The molecule has 0 bridgehead atoms. The van der Waals surface area contributed by atoms with Crippen molar-refractivity contribution in [1.29, 1.82) is 0 Å². The van der Waals surface area contributed by atoms with E-state index < -0.39 is 25.6 Å². The first-order chi connectivity index (χ1) is 7.66. The van der Waals surface area contributed by atoms with Gasteiger partial charge in [0.1, 0.15) is 5.76 Å². The molecule has 0 unspecified atom stereocenters. The van der Waals surface area contributed by atoms with E-state index in [-0.39, 0.29) is 13.2 Å². The van der Waals surface area contributed by atoms with Gasteiger partial charge in [-0.15, -0.1) is 0 Å². The van der Waals surface area contributed by atoms with E-state index in [4.69, 9.17) is 0 Å². The van der Waals surface area contributed by atoms with E-state index in [9.17, 15) is 22.1 Å². The quantitative estimate of drug-likeness (QED) is 0.420. The second-order valence-corrected chi connectivity index (χ2v) is 4.34. The van der Waals surface area contributed by atoms with Gasteiger partial charge >= 0.3 is 14.0 Å². The molecule has 0 aliphatic rings. The van der Waals surface area contributed by atoms with Crippen LogP contribution in [-0.4, -0.2) is 19.4 Å². The van der Waals surface area contributed by atoms with Gasteiger partial charge in [-0.1, -0.05) is 0 Å². The summed E-state index contributed by atoms with van der Waals surface area (Å²) in [5.74, 6) is -3.67. The molecule has 0 aromatic heterocycles. The Hall–Kier alpha value is -0.590. The number of halogens is 4. The molecule has 0 amide bonds. The second-order valence-electron chi connectivity index (χ2n) is 2.74. The lowest BCUT2D eigenvalue weighted by atomic mass is 10.4. The van der Waals surface area contributed by atoms with Crippen LogP contribution in [0.4, 0.5) is 17.6 Å². The van der Waals surface area contributed by atoms with Crippen molar-refractivity contribution in [3.8, 4) is 0 Å². The highest BCUT2D eigenvalue weighted by Crippen LogP contribution is 2.52. The summed E-state index contributed by atoms with van der Waals surface area (Å²) in [4.78, 5) is 0. The number of hydrogen-bond donors (Lipinski definition) is 0.